The van der Waals surface area contributed by atoms with Crippen molar-refractivity contribution in [2.75, 3.05) is 18.3 Å². The van der Waals surface area contributed by atoms with Gasteiger partial charge in [0.15, 0.2) is 5.78 Å². The number of alkyl halides is 10. The van der Waals surface area contributed by atoms with Crippen LogP contribution in [0.3, 0.4) is 0 Å². The Kier molecular flexibility index (Phi) is 6.93. The minimum atomic E-state index is -6.99. The Balaban J connectivity index is 3.08. The second kappa shape index (κ2) is 7.85. The van der Waals surface area contributed by atoms with Crippen LogP contribution < -0.4 is 0 Å². The number of carbonyl (C=O) groups excluding carboxylic acids is 1. The summed E-state index contributed by atoms with van der Waals surface area (Å²) in [6, 6.07) is 2.35. The Morgan fingerprint density at radius 2 is 1.30 bits per heavy atom. The molecule has 0 aromatic heterocycles. The van der Waals surface area contributed by atoms with Gasteiger partial charge in [0.1, 0.15) is 0 Å². The third-order valence-corrected chi connectivity index (χ3v) is 7.35. The maximum absolute atomic E-state index is 13.5. The molecule has 174 valence electrons. The van der Waals surface area contributed by atoms with Gasteiger partial charge in [0.05, 0.1) is 11.3 Å². The number of halogens is 10. The van der Waals surface area contributed by atoms with Crippen LogP contribution in [-0.4, -0.2) is 49.8 Å². The van der Waals surface area contributed by atoms with Crippen molar-refractivity contribution >= 4 is 26.2 Å². The normalized spacial score (nSPS) is 15.2. The molecule has 0 bridgehead atoms. The molecule has 0 aliphatic heterocycles. The summed E-state index contributed by atoms with van der Waals surface area (Å²) in [5.74, 6) is -9.19. The molecular formula is C14H12F10O4S2. The van der Waals surface area contributed by atoms with Gasteiger partial charge in [0, 0.05) is 5.56 Å². The van der Waals surface area contributed by atoms with Gasteiger partial charge >= 0.3 is 33.6 Å². The van der Waals surface area contributed by atoms with E-state index in [4.69, 9.17) is 0 Å². The monoisotopic (exact) mass is 498 g/mol. The summed E-state index contributed by atoms with van der Waals surface area (Å²) in [5, 5.41) is -6.71. The first kappa shape index (κ1) is 26.5. The van der Waals surface area contributed by atoms with Crippen molar-refractivity contribution in [2.45, 2.75) is 23.5 Å². The van der Waals surface area contributed by atoms with Crippen molar-refractivity contribution < 1.29 is 60.7 Å². The lowest BCUT2D eigenvalue weighted by Gasteiger charge is -2.33. The van der Waals surface area contributed by atoms with E-state index < -0.39 is 66.6 Å². The van der Waals surface area contributed by atoms with Crippen LogP contribution >= 0.6 is 10.3 Å². The molecule has 0 atom stereocenters. The summed E-state index contributed by atoms with van der Waals surface area (Å²) in [5.41, 5.74) is -1.57. The number of rotatable bonds is 7. The fourth-order valence-electron chi connectivity index (χ4n) is 1.88. The van der Waals surface area contributed by atoms with Gasteiger partial charge in [0.25, 0.3) is 0 Å². The van der Waals surface area contributed by atoms with Gasteiger partial charge in [-0.2, -0.15) is 52.3 Å². The first-order valence-corrected chi connectivity index (χ1v) is 11.2. The van der Waals surface area contributed by atoms with Crippen molar-refractivity contribution in [3.05, 3.63) is 35.4 Å². The number of ketones is 1. The van der Waals surface area contributed by atoms with Crippen molar-refractivity contribution in [3.8, 4) is 0 Å². The van der Waals surface area contributed by atoms with Crippen LogP contribution in [-0.2, 0) is 19.9 Å². The van der Waals surface area contributed by atoms with Gasteiger partial charge in [-0.3, -0.25) is 4.79 Å². The molecule has 1 aromatic rings. The molecule has 30 heavy (non-hydrogen) atoms. The Bertz CT molecular complexity index is 887. The molecule has 0 heterocycles. The molecule has 0 N–H and O–H groups in total. The predicted molar refractivity (Wildman–Crippen MR) is 86.0 cm³/mol. The molecule has 0 saturated carbocycles. The molecule has 0 radical (unpaired) electrons. The predicted octanol–water partition coefficient (Wildman–Crippen LogP) is 5.00. The molecule has 0 amide bonds. The van der Waals surface area contributed by atoms with E-state index in [0.717, 1.165) is 0 Å². The van der Waals surface area contributed by atoms with E-state index in [2.05, 4.69) is 3.63 Å². The lowest BCUT2D eigenvalue weighted by molar-refractivity contribution is -0.333. The van der Waals surface area contributed by atoms with Crippen LogP contribution in [0.15, 0.2) is 24.3 Å². The van der Waals surface area contributed by atoms with E-state index in [1.54, 1.807) is 0 Å². The third kappa shape index (κ3) is 5.38. The number of carbonyl (C=O) groups is 1. The van der Waals surface area contributed by atoms with Gasteiger partial charge in [-0.15, -0.1) is 10.3 Å². The highest BCUT2D eigenvalue weighted by atomic mass is 32.3. The fourth-order valence-corrected chi connectivity index (χ4v) is 5.58. The van der Waals surface area contributed by atoms with Crippen LogP contribution in [0.2, 0.25) is 0 Å². The lowest BCUT2D eigenvalue weighted by Crippen LogP contribution is -2.56. The second-order valence-corrected chi connectivity index (χ2v) is 11.3. The van der Waals surface area contributed by atoms with Crippen LogP contribution in [0.5, 0.6) is 0 Å². The van der Waals surface area contributed by atoms with Crippen molar-refractivity contribution in [3.63, 3.8) is 0 Å². The molecule has 4 nitrogen and oxygen atoms in total. The molecule has 16 heteroatoms. The summed E-state index contributed by atoms with van der Waals surface area (Å²) < 4.78 is 154. The average molecular weight is 498 g/mol. The van der Waals surface area contributed by atoms with Gasteiger partial charge in [-0.1, -0.05) is 12.1 Å². The van der Waals surface area contributed by atoms with Gasteiger partial charge in [-0.05, 0) is 24.6 Å². The SMILES string of the molecule is CS(C)(CC(=O)c1ccc(C(F)(F)F)cc1)OS(=O)(=O)C(F)(F)C(F)(F)C(F)(F)F. The first-order valence-electron chi connectivity index (χ1n) is 7.24. The highest BCUT2D eigenvalue weighted by Gasteiger charge is 2.79. The maximum atomic E-state index is 13.5. The molecule has 0 aliphatic rings. The maximum Gasteiger partial charge on any atom is 0.461 e. The Labute approximate surface area is 164 Å². The lowest BCUT2D eigenvalue weighted by atomic mass is 10.1. The van der Waals surface area contributed by atoms with Crippen LogP contribution in [0.4, 0.5) is 43.9 Å². The van der Waals surface area contributed by atoms with E-state index in [1.807, 2.05) is 0 Å². The molecule has 0 fully saturated rings. The second-order valence-electron chi connectivity index (χ2n) is 6.19. The molecule has 0 unspecified atom stereocenters. The van der Waals surface area contributed by atoms with Crippen molar-refractivity contribution in [2.24, 2.45) is 0 Å². The molecule has 0 aliphatic carbocycles. The number of Topliss-reactive ketones (excluding diaryl/α,β-unsaturated/α-hetero) is 1. The summed E-state index contributed by atoms with van der Waals surface area (Å²) >= 11 is 0. The standard InChI is InChI=1S/C14H12F10O4S2/c1-29(2,7-10(25)8-3-5-9(6-4-8)11(15,16)17)28-30(26,27)14(23,24)12(18,19)13(20,21)22/h3-6H,7H2,1-2H3. The number of benzene rings is 1. The highest BCUT2D eigenvalue weighted by molar-refractivity contribution is 8.32. The molecule has 1 rings (SSSR count). The van der Waals surface area contributed by atoms with E-state index in [9.17, 15) is 57.1 Å². The number of hydrogen-bond donors (Lipinski definition) is 0. The van der Waals surface area contributed by atoms with Crippen LogP contribution in [0, 0.1) is 0 Å². The average Bonchev–Trinajstić information content (AvgIpc) is 2.51. The summed E-state index contributed by atoms with van der Waals surface area (Å²) in [6.07, 6.45) is -10.3. The van der Waals surface area contributed by atoms with E-state index in [0.29, 0.717) is 36.8 Å². The van der Waals surface area contributed by atoms with Gasteiger partial charge in [0.2, 0.25) is 0 Å². The fraction of sp³-hybridized carbons (Fsp3) is 0.500. The molecule has 0 spiro atoms. The van der Waals surface area contributed by atoms with Gasteiger partial charge in [-0.25, -0.2) is 3.63 Å². The molecule has 0 saturated heterocycles. The molecule has 1 aromatic carbocycles. The summed E-state index contributed by atoms with van der Waals surface area (Å²) in [4.78, 5) is 12.1. The van der Waals surface area contributed by atoms with E-state index >= 15 is 0 Å². The van der Waals surface area contributed by atoms with E-state index in [-0.39, 0.29) is 0 Å². The Morgan fingerprint density at radius 3 is 1.67 bits per heavy atom. The largest absolute Gasteiger partial charge is 0.461 e. The van der Waals surface area contributed by atoms with E-state index in [1.165, 1.54) is 0 Å². The number of hydrogen-bond acceptors (Lipinski definition) is 4. The minimum Gasteiger partial charge on any atom is -0.293 e. The highest BCUT2D eigenvalue weighted by Crippen LogP contribution is 2.53. The zero-order chi connectivity index (χ0) is 24.0. The summed E-state index contributed by atoms with van der Waals surface area (Å²) in [7, 11) is -10.4. The zero-order valence-electron chi connectivity index (χ0n) is 14.7. The topological polar surface area (TPSA) is 60.4 Å². The Morgan fingerprint density at radius 1 is 0.867 bits per heavy atom. The van der Waals surface area contributed by atoms with Crippen LogP contribution in [0.25, 0.3) is 0 Å². The zero-order valence-corrected chi connectivity index (χ0v) is 16.4. The third-order valence-electron chi connectivity index (χ3n) is 3.32. The minimum absolute atomic E-state index is 0.433. The van der Waals surface area contributed by atoms with Crippen molar-refractivity contribution in [1.82, 2.24) is 0 Å². The van der Waals surface area contributed by atoms with Gasteiger partial charge < -0.3 is 0 Å². The van der Waals surface area contributed by atoms with Crippen molar-refractivity contribution in [1.29, 1.82) is 0 Å². The quantitative estimate of drug-likeness (QED) is 0.392. The summed E-state index contributed by atoms with van der Waals surface area (Å²) in [6.45, 7) is 0. The first-order chi connectivity index (χ1) is 13.1. The smallest absolute Gasteiger partial charge is 0.293 e. The Hall–Kier alpha value is -1.55. The van der Waals surface area contributed by atoms with Crippen LogP contribution in [0.1, 0.15) is 15.9 Å². The molecular weight excluding hydrogens is 486 g/mol.